The van der Waals surface area contributed by atoms with Gasteiger partial charge in [0.1, 0.15) is 0 Å². The molecule has 1 aromatic rings. The van der Waals surface area contributed by atoms with E-state index < -0.39 is 5.69 Å². The lowest BCUT2D eigenvalue weighted by Crippen LogP contribution is -1.99. The normalized spacial score (nSPS) is 7.89. The highest BCUT2D eigenvalue weighted by Crippen LogP contribution is 1.76. The zero-order chi connectivity index (χ0) is 7.28. The van der Waals surface area contributed by atoms with Gasteiger partial charge in [0, 0.05) is 8.35 Å². The number of nitrogens with one attached hydrogen (secondary N) is 1. The number of aromatic amines is 1. The molecule has 1 aromatic heterocycles. The largest absolute Gasteiger partial charge is 0.377 e. The molecule has 0 saturated carbocycles. The lowest BCUT2D eigenvalue weighted by Gasteiger charge is -1.64. The van der Waals surface area contributed by atoms with Crippen LogP contribution in [0.3, 0.4) is 0 Å². The molecule has 9 heavy (non-hydrogen) atoms. The number of hydrogen-bond acceptors (Lipinski definition) is 3. The SMILES string of the molecule is CC.Cc1nc(=O)[nH]o1.[HH]. The molecule has 0 unspecified atom stereocenters. The van der Waals surface area contributed by atoms with Crippen LogP contribution in [0.15, 0.2) is 9.32 Å². The predicted octanol–water partition coefficient (Wildman–Crippen LogP) is 0.944. The first-order chi connectivity index (χ1) is 4.29. The van der Waals surface area contributed by atoms with E-state index in [0.717, 1.165) is 0 Å². The molecule has 4 heteroatoms. The third kappa shape index (κ3) is 2.69. The average Bonchev–Trinajstić information content (AvgIpc) is 2.20. The molecule has 0 saturated heterocycles. The van der Waals surface area contributed by atoms with E-state index in [1.54, 1.807) is 6.92 Å². The fraction of sp³-hybridized carbons (Fsp3) is 0.600. The molecular weight excluding hydrogens is 120 g/mol. The van der Waals surface area contributed by atoms with Crippen molar-refractivity contribution >= 4 is 0 Å². The smallest absolute Gasteiger partial charge is 0.362 e. The van der Waals surface area contributed by atoms with Crippen molar-refractivity contribution in [3.05, 3.63) is 16.4 Å². The summed E-state index contributed by atoms with van der Waals surface area (Å²) in [5.41, 5.74) is -0.433. The Morgan fingerprint density at radius 1 is 1.67 bits per heavy atom. The number of H-pyrrole nitrogens is 1. The molecule has 0 bridgehead atoms. The van der Waals surface area contributed by atoms with E-state index in [4.69, 9.17) is 0 Å². The fourth-order valence-corrected chi connectivity index (χ4v) is 0.306. The summed E-state index contributed by atoms with van der Waals surface area (Å²) in [4.78, 5) is 13.4. The standard InChI is InChI=1S/C3H4N2O2.C2H6.H2/c1-2-4-3(6)5-7-2;1-2;/h1H3,(H,5,6);1-2H3;1H. The second kappa shape index (κ2) is 3.88. The lowest BCUT2D eigenvalue weighted by atomic mass is 10.8. The van der Waals surface area contributed by atoms with Crippen molar-refractivity contribution in [3.63, 3.8) is 0 Å². The molecule has 0 aliphatic carbocycles. The van der Waals surface area contributed by atoms with Crippen molar-refractivity contribution < 1.29 is 5.95 Å². The van der Waals surface area contributed by atoms with Crippen LogP contribution in [0.1, 0.15) is 21.2 Å². The minimum absolute atomic E-state index is 0. The predicted molar refractivity (Wildman–Crippen MR) is 35.3 cm³/mol. The van der Waals surface area contributed by atoms with Gasteiger partial charge in [-0.25, -0.2) is 4.79 Å². The van der Waals surface area contributed by atoms with E-state index in [0.29, 0.717) is 5.89 Å². The summed E-state index contributed by atoms with van der Waals surface area (Å²) in [6.07, 6.45) is 0. The highest BCUT2D eigenvalue weighted by molar-refractivity contribution is 4.64. The number of rotatable bonds is 0. The van der Waals surface area contributed by atoms with Crippen molar-refractivity contribution in [3.8, 4) is 0 Å². The van der Waals surface area contributed by atoms with E-state index in [1.165, 1.54) is 0 Å². The first-order valence-corrected chi connectivity index (χ1v) is 2.81. The molecule has 0 radical (unpaired) electrons. The first-order valence-electron chi connectivity index (χ1n) is 2.81. The van der Waals surface area contributed by atoms with Crippen LogP contribution < -0.4 is 5.69 Å². The van der Waals surface area contributed by atoms with Crippen LogP contribution in [0, 0.1) is 6.92 Å². The van der Waals surface area contributed by atoms with E-state index in [1.807, 2.05) is 19.0 Å². The summed E-state index contributed by atoms with van der Waals surface area (Å²) < 4.78 is 4.42. The van der Waals surface area contributed by atoms with Crippen molar-refractivity contribution in [2.75, 3.05) is 0 Å². The summed E-state index contributed by atoms with van der Waals surface area (Å²) in [6, 6.07) is 0. The van der Waals surface area contributed by atoms with Crippen molar-refractivity contribution in [1.29, 1.82) is 0 Å². The maximum absolute atomic E-state index is 10.0. The molecule has 0 aliphatic rings. The average molecular weight is 132 g/mol. The molecule has 1 heterocycles. The van der Waals surface area contributed by atoms with Gasteiger partial charge in [0.15, 0.2) is 0 Å². The van der Waals surface area contributed by atoms with Crippen molar-refractivity contribution in [2.24, 2.45) is 0 Å². The van der Waals surface area contributed by atoms with Gasteiger partial charge in [-0.05, 0) is 0 Å². The number of hydrogen-bond donors (Lipinski definition) is 1. The molecule has 4 nitrogen and oxygen atoms in total. The second-order valence-electron chi connectivity index (χ2n) is 1.14. The van der Waals surface area contributed by atoms with Crippen LogP contribution in [0.25, 0.3) is 0 Å². The Balaban J connectivity index is 0. The van der Waals surface area contributed by atoms with Gasteiger partial charge in [-0.15, -0.1) is 0 Å². The highest BCUT2D eigenvalue weighted by Gasteiger charge is 1.87. The molecule has 0 aliphatic heterocycles. The number of aromatic nitrogens is 2. The molecule has 0 atom stereocenters. The Labute approximate surface area is 54.4 Å². The Morgan fingerprint density at radius 3 is 2.33 bits per heavy atom. The van der Waals surface area contributed by atoms with Gasteiger partial charge in [-0.2, -0.15) is 10.1 Å². The van der Waals surface area contributed by atoms with E-state index in [-0.39, 0.29) is 1.43 Å². The second-order valence-corrected chi connectivity index (χ2v) is 1.14. The van der Waals surface area contributed by atoms with E-state index >= 15 is 0 Å². The van der Waals surface area contributed by atoms with Gasteiger partial charge >= 0.3 is 5.69 Å². The molecule has 1 N–H and O–H groups in total. The topological polar surface area (TPSA) is 58.9 Å². The van der Waals surface area contributed by atoms with Crippen LogP contribution in [0.2, 0.25) is 0 Å². The highest BCUT2D eigenvalue weighted by atomic mass is 16.5. The maximum atomic E-state index is 10.0. The fourth-order valence-electron chi connectivity index (χ4n) is 0.306. The zero-order valence-electron chi connectivity index (χ0n) is 5.76. The molecule has 0 spiro atoms. The molecular formula is C5H12N2O2. The molecule has 1 rings (SSSR count). The third-order valence-electron chi connectivity index (χ3n) is 0.545. The van der Waals surface area contributed by atoms with Gasteiger partial charge in [-0.3, -0.25) is 0 Å². The van der Waals surface area contributed by atoms with E-state index in [9.17, 15) is 4.79 Å². The van der Waals surface area contributed by atoms with Gasteiger partial charge in [-0.1, -0.05) is 13.8 Å². The Bertz CT molecular complexity index is 205. The Morgan fingerprint density at radius 2 is 2.22 bits per heavy atom. The Hall–Kier alpha value is -1.06. The Kier molecular flexibility index (Phi) is 3.43. The third-order valence-corrected chi connectivity index (χ3v) is 0.545. The van der Waals surface area contributed by atoms with Gasteiger partial charge < -0.3 is 4.52 Å². The molecule has 54 valence electrons. The summed E-state index contributed by atoms with van der Waals surface area (Å²) in [7, 11) is 0. The molecule has 0 amide bonds. The van der Waals surface area contributed by atoms with Crippen LogP contribution in [0.4, 0.5) is 0 Å². The maximum Gasteiger partial charge on any atom is 0.377 e. The lowest BCUT2D eigenvalue weighted by molar-refractivity contribution is 0.388. The van der Waals surface area contributed by atoms with Gasteiger partial charge in [0.05, 0.1) is 0 Å². The van der Waals surface area contributed by atoms with Crippen LogP contribution in [-0.4, -0.2) is 10.1 Å². The number of nitrogens with zero attached hydrogens (tertiary/aromatic N) is 1. The van der Waals surface area contributed by atoms with Gasteiger partial charge in [0.2, 0.25) is 5.89 Å². The number of aryl methyl sites for hydroxylation is 1. The van der Waals surface area contributed by atoms with Crippen molar-refractivity contribution in [1.82, 2.24) is 10.1 Å². The molecule has 0 fully saturated rings. The minimum atomic E-state index is -0.433. The molecule has 0 aromatic carbocycles. The summed E-state index contributed by atoms with van der Waals surface area (Å²) in [5.74, 6) is 0.366. The zero-order valence-corrected chi connectivity index (χ0v) is 5.76. The van der Waals surface area contributed by atoms with Crippen LogP contribution in [-0.2, 0) is 0 Å². The van der Waals surface area contributed by atoms with Crippen LogP contribution >= 0.6 is 0 Å². The quantitative estimate of drug-likeness (QED) is 0.571. The minimum Gasteiger partial charge on any atom is -0.362 e. The van der Waals surface area contributed by atoms with Gasteiger partial charge in [0.25, 0.3) is 0 Å². The first kappa shape index (κ1) is 7.94. The monoisotopic (exact) mass is 132 g/mol. The van der Waals surface area contributed by atoms with E-state index in [2.05, 4.69) is 9.51 Å². The summed E-state index contributed by atoms with van der Waals surface area (Å²) in [6.45, 7) is 5.60. The van der Waals surface area contributed by atoms with Crippen LogP contribution in [0.5, 0.6) is 0 Å². The summed E-state index contributed by atoms with van der Waals surface area (Å²) >= 11 is 0. The summed E-state index contributed by atoms with van der Waals surface area (Å²) in [5, 5.41) is 2.03. The van der Waals surface area contributed by atoms with Crippen molar-refractivity contribution in [2.45, 2.75) is 20.8 Å².